The molecular weight excluding hydrogens is 305 g/mol. The number of β-lactam (4-membered cyclic amide) rings is 1. The predicted octanol–water partition coefficient (Wildman–Crippen LogP) is -4.32. The van der Waals surface area contributed by atoms with Gasteiger partial charge in [0.05, 0.1) is 30.0 Å². The third kappa shape index (κ3) is 2.58. The zero-order chi connectivity index (χ0) is 14.4. The van der Waals surface area contributed by atoms with Crippen molar-refractivity contribution in [2.24, 2.45) is 7.05 Å². The number of rotatable bonds is 3. The monoisotopic (exact) mass is 315 g/mol. The van der Waals surface area contributed by atoms with Crippen LogP contribution in [0.4, 0.5) is 0 Å². The van der Waals surface area contributed by atoms with Crippen LogP contribution in [0.5, 0.6) is 0 Å². The van der Waals surface area contributed by atoms with Gasteiger partial charge in [-0.3, -0.25) is 14.4 Å². The number of hydrogen-bond acceptors (Lipinski definition) is 6. The van der Waals surface area contributed by atoms with Crippen molar-refractivity contribution in [2.45, 2.75) is 5.37 Å². The fourth-order valence-electron chi connectivity index (χ4n) is 2.24. The molecule has 1 fully saturated rings. The third-order valence-electron chi connectivity index (χ3n) is 3.11. The summed E-state index contributed by atoms with van der Waals surface area (Å²) in [5.41, 5.74) is 1.03. The molecule has 0 spiro atoms. The number of hydrogen-bond donors (Lipinski definition) is 1. The Morgan fingerprint density at radius 2 is 2.33 bits per heavy atom. The van der Waals surface area contributed by atoms with Crippen LogP contribution in [0.2, 0.25) is 0 Å². The van der Waals surface area contributed by atoms with E-state index in [1.807, 2.05) is 0 Å². The summed E-state index contributed by atoms with van der Waals surface area (Å²) < 4.78 is 1.61. The zero-order valence-electron chi connectivity index (χ0n) is 11.4. The number of aliphatic carboxylic acids is 1. The maximum Gasteiger partial charge on any atom is 1.00 e. The second kappa shape index (κ2) is 5.98. The van der Waals surface area contributed by atoms with Crippen molar-refractivity contribution in [1.82, 2.24) is 14.7 Å². The number of aliphatic hydroxyl groups is 1. The molecule has 1 saturated heterocycles. The molecule has 21 heavy (non-hydrogen) atoms. The number of carboxylic acid groups (broad SMARTS) is 1. The molecule has 0 bridgehead atoms. The summed E-state index contributed by atoms with van der Waals surface area (Å²) in [6, 6.07) is 0. The SMILES string of the molecule is Cn1cc(/C=C2/C(=O)N3C(C(=O)[O-])=C(CO)SC23)cn1.[Na+]. The van der Waals surface area contributed by atoms with Gasteiger partial charge < -0.3 is 15.0 Å². The quantitative estimate of drug-likeness (QED) is 0.344. The molecule has 0 saturated carbocycles. The number of aryl methyl sites for hydroxylation is 1. The fourth-order valence-corrected chi connectivity index (χ4v) is 3.48. The minimum absolute atomic E-state index is 0. The Morgan fingerprint density at radius 1 is 1.62 bits per heavy atom. The van der Waals surface area contributed by atoms with Crippen molar-refractivity contribution in [3.63, 3.8) is 0 Å². The summed E-state index contributed by atoms with van der Waals surface area (Å²) in [6.07, 6.45) is 5.04. The number of aromatic nitrogens is 2. The van der Waals surface area contributed by atoms with Crippen molar-refractivity contribution in [1.29, 1.82) is 0 Å². The van der Waals surface area contributed by atoms with E-state index < -0.39 is 18.0 Å². The Balaban J connectivity index is 0.00000161. The van der Waals surface area contributed by atoms with Gasteiger partial charge in [-0.15, -0.1) is 0 Å². The van der Waals surface area contributed by atoms with Crippen molar-refractivity contribution in [3.05, 3.63) is 34.1 Å². The van der Waals surface area contributed by atoms with E-state index in [0.29, 0.717) is 5.57 Å². The van der Waals surface area contributed by atoms with Crippen LogP contribution in [0.25, 0.3) is 6.08 Å². The van der Waals surface area contributed by atoms with Crippen molar-refractivity contribution in [2.75, 3.05) is 6.61 Å². The average Bonchev–Trinajstić information content (AvgIpc) is 2.97. The molecule has 104 valence electrons. The Kier molecular flexibility index (Phi) is 4.64. The number of carboxylic acids is 1. The van der Waals surface area contributed by atoms with Gasteiger partial charge in [-0.25, -0.2) is 0 Å². The van der Waals surface area contributed by atoms with Gasteiger partial charge in [0.15, 0.2) is 0 Å². The summed E-state index contributed by atoms with van der Waals surface area (Å²) >= 11 is 1.15. The van der Waals surface area contributed by atoms with Crippen LogP contribution in [0.1, 0.15) is 5.56 Å². The summed E-state index contributed by atoms with van der Waals surface area (Å²) in [6.45, 7) is -0.422. The van der Waals surface area contributed by atoms with Crippen LogP contribution >= 0.6 is 11.8 Å². The molecule has 1 atom stereocenters. The Labute approximate surface area is 146 Å². The van der Waals surface area contributed by atoms with Crippen molar-refractivity contribution in [3.8, 4) is 0 Å². The molecule has 1 amide bonds. The molecule has 3 rings (SSSR count). The summed E-state index contributed by atoms with van der Waals surface area (Å²) in [5, 5.41) is 23.8. The summed E-state index contributed by atoms with van der Waals surface area (Å²) in [5.74, 6) is -1.83. The van der Waals surface area contributed by atoms with Gasteiger partial charge in [0.2, 0.25) is 0 Å². The van der Waals surface area contributed by atoms with E-state index in [1.54, 1.807) is 30.2 Å². The van der Waals surface area contributed by atoms with Gasteiger partial charge in [-0.05, 0) is 6.08 Å². The minimum atomic E-state index is -1.45. The van der Waals surface area contributed by atoms with E-state index in [-0.39, 0.29) is 46.1 Å². The van der Waals surface area contributed by atoms with Gasteiger partial charge in [-0.2, -0.15) is 5.10 Å². The zero-order valence-corrected chi connectivity index (χ0v) is 14.3. The Morgan fingerprint density at radius 3 is 2.86 bits per heavy atom. The first-order valence-electron chi connectivity index (χ1n) is 5.78. The van der Waals surface area contributed by atoms with Crippen LogP contribution < -0.4 is 34.7 Å². The largest absolute Gasteiger partial charge is 1.00 e. The minimum Gasteiger partial charge on any atom is -0.543 e. The van der Waals surface area contributed by atoms with E-state index in [9.17, 15) is 19.8 Å². The van der Waals surface area contributed by atoms with Crippen LogP contribution in [0.15, 0.2) is 28.6 Å². The smallest absolute Gasteiger partial charge is 0.543 e. The van der Waals surface area contributed by atoms with Crippen LogP contribution in [-0.4, -0.2) is 43.6 Å². The normalized spacial score (nSPS) is 22.2. The third-order valence-corrected chi connectivity index (χ3v) is 4.40. The van der Waals surface area contributed by atoms with Gasteiger partial charge in [-0.1, -0.05) is 11.8 Å². The number of carbonyl (C=O) groups is 2. The van der Waals surface area contributed by atoms with Crippen molar-refractivity contribution < 1.29 is 49.4 Å². The number of nitrogens with zero attached hydrogens (tertiary/aromatic N) is 3. The summed E-state index contributed by atoms with van der Waals surface area (Å²) in [4.78, 5) is 24.5. The Hall–Kier alpha value is -1.06. The van der Waals surface area contributed by atoms with Gasteiger partial charge in [0.25, 0.3) is 5.91 Å². The average molecular weight is 315 g/mol. The molecule has 9 heteroatoms. The first-order chi connectivity index (χ1) is 9.52. The number of fused-ring (bicyclic) bond motifs is 1. The number of amides is 1. The van der Waals surface area contributed by atoms with Crippen molar-refractivity contribution >= 4 is 29.7 Å². The van der Waals surface area contributed by atoms with Crippen LogP contribution in [0.3, 0.4) is 0 Å². The van der Waals surface area contributed by atoms with Gasteiger partial charge >= 0.3 is 29.6 Å². The molecule has 0 radical (unpaired) electrons. The summed E-state index contributed by atoms with van der Waals surface area (Å²) in [7, 11) is 1.76. The second-order valence-corrected chi connectivity index (χ2v) is 5.58. The standard InChI is InChI=1S/C12H11N3O4S.Na/c1-14-4-6(3-13-14)2-7-10(17)15-9(12(18)19)8(5-16)20-11(7)15;/h2-4,11,16H,5H2,1H3,(H,18,19);/q;+1/p-1/b7-2-;. The van der Waals surface area contributed by atoms with E-state index in [1.165, 1.54) is 0 Å². The second-order valence-electron chi connectivity index (χ2n) is 4.41. The molecule has 1 aromatic heterocycles. The van der Waals surface area contributed by atoms with Gasteiger partial charge in [0.1, 0.15) is 5.37 Å². The molecule has 0 aliphatic carbocycles. The van der Waals surface area contributed by atoms with E-state index in [0.717, 1.165) is 22.2 Å². The van der Waals surface area contributed by atoms with E-state index in [2.05, 4.69) is 5.10 Å². The van der Waals surface area contributed by atoms with E-state index in [4.69, 9.17) is 0 Å². The molecule has 2 aliphatic rings. The molecule has 1 aromatic rings. The molecule has 7 nitrogen and oxygen atoms in total. The van der Waals surface area contributed by atoms with E-state index >= 15 is 0 Å². The molecule has 1 N–H and O–H groups in total. The molecule has 2 aliphatic heterocycles. The maximum absolute atomic E-state index is 12.0. The van der Waals surface area contributed by atoms with Gasteiger partial charge in [0, 0.05) is 23.7 Å². The van der Waals surface area contributed by atoms with Crippen LogP contribution in [-0.2, 0) is 16.6 Å². The number of thioether (sulfide) groups is 1. The molecule has 3 heterocycles. The molecular formula is C12H10N3NaO4S. The fraction of sp³-hybridized carbons (Fsp3) is 0.250. The number of carbonyl (C=O) groups excluding carboxylic acids is 2. The Bertz CT molecular complexity index is 682. The first kappa shape index (κ1) is 16.3. The molecule has 0 aromatic carbocycles. The molecule has 1 unspecified atom stereocenters. The topological polar surface area (TPSA) is 98.5 Å². The maximum atomic E-state index is 12.0. The first-order valence-corrected chi connectivity index (χ1v) is 6.66. The van der Waals surface area contributed by atoms with Crippen LogP contribution in [0, 0.1) is 0 Å². The number of aliphatic hydroxyl groups excluding tert-OH is 1. The predicted molar refractivity (Wildman–Crippen MR) is 68.5 cm³/mol.